The van der Waals surface area contributed by atoms with E-state index in [4.69, 9.17) is 9.47 Å². The molecule has 0 aromatic carbocycles. The molecule has 0 spiro atoms. The van der Waals surface area contributed by atoms with Crippen LogP contribution in [0.15, 0.2) is 0 Å². The third kappa shape index (κ3) is 11.0. The number of hydrogen-bond acceptors (Lipinski definition) is 4. The zero-order valence-electron chi connectivity index (χ0n) is 15.9. The maximum atomic E-state index is 11.3. The van der Waals surface area contributed by atoms with Crippen molar-refractivity contribution in [2.75, 3.05) is 0 Å². The van der Waals surface area contributed by atoms with Crippen molar-refractivity contribution in [3.05, 3.63) is 0 Å². The summed E-state index contributed by atoms with van der Waals surface area (Å²) in [7, 11) is 0. The van der Waals surface area contributed by atoms with Crippen LogP contribution >= 0.6 is 0 Å². The minimum atomic E-state index is -2.53. The fourth-order valence-corrected chi connectivity index (χ4v) is 20.8. The van der Waals surface area contributed by atoms with Crippen molar-refractivity contribution < 1.29 is 19.1 Å². The summed E-state index contributed by atoms with van der Waals surface area (Å²) in [5, 5.41) is 0. The molecule has 0 saturated carbocycles. The van der Waals surface area contributed by atoms with Gasteiger partial charge in [0.2, 0.25) is 0 Å². The maximum absolute atomic E-state index is 11.3. The van der Waals surface area contributed by atoms with E-state index < -0.39 is 18.4 Å². The van der Waals surface area contributed by atoms with Crippen molar-refractivity contribution in [3.8, 4) is 0 Å². The Kier molecular flexibility index (Phi) is 12.0. The first-order valence-corrected chi connectivity index (χ1v) is 17.2. The molecule has 2 atom stereocenters. The van der Waals surface area contributed by atoms with Gasteiger partial charge in [0.15, 0.2) is 0 Å². The third-order valence-corrected chi connectivity index (χ3v) is 20.6. The first-order chi connectivity index (χ1) is 10.7. The van der Waals surface area contributed by atoms with Gasteiger partial charge in [-0.05, 0) is 0 Å². The van der Waals surface area contributed by atoms with Gasteiger partial charge in [-0.15, -0.1) is 0 Å². The zero-order chi connectivity index (χ0) is 17.9. The fraction of sp³-hybridized carbons (Fsp3) is 0.889. The normalized spacial score (nSPS) is 14.2. The van der Waals surface area contributed by atoms with Gasteiger partial charge in [0, 0.05) is 0 Å². The summed E-state index contributed by atoms with van der Waals surface area (Å²) in [6, 6.07) is 0. The van der Waals surface area contributed by atoms with E-state index in [0.717, 1.165) is 8.87 Å². The van der Waals surface area contributed by atoms with Gasteiger partial charge in [-0.3, -0.25) is 0 Å². The van der Waals surface area contributed by atoms with Gasteiger partial charge in [0.1, 0.15) is 0 Å². The predicted octanol–water partition coefficient (Wildman–Crippen LogP) is 4.94. The molecular weight excluding hydrogens is 399 g/mol. The van der Waals surface area contributed by atoms with Crippen LogP contribution in [0.3, 0.4) is 0 Å². The quantitative estimate of drug-likeness (QED) is 0.322. The number of carbonyl (C=O) groups is 2. The van der Waals surface area contributed by atoms with Gasteiger partial charge in [-0.2, -0.15) is 0 Å². The molecule has 0 N–H and O–H groups in total. The number of hydrogen-bond donors (Lipinski definition) is 0. The number of carbonyl (C=O) groups excluding carboxylic acids is 2. The molecule has 0 heterocycles. The predicted molar refractivity (Wildman–Crippen MR) is 97.3 cm³/mol. The van der Waals surface area contributed by atoms with Crippen LogP contribution in [0.4, 0.5) is 0 Å². The second-order valence-corrected chi connectivity index (χ2v) is 20.7. The summed E-state index contributed by atoms with van der Waals surface area (Å²) in [5.41, 5.74) is 0. The monoisotopic (exact) mass is 436 g/mol. The van der Waals surface area contributed by atoms with Crippen LogP contribution in [0.1, 0.15) is 67.2 Å². The Morgan fingerprint density at radius 3 is 1.43 bits per heavy atom. The van der Waals surface area contributed by atoms with Gasteiger partial charge in [0.25, 0.3) is 0 Å². The van der Waals surface area contributed by atoms with Crippen LogP contribution in [0.25, 0.3) is 0 Å². The second kappa shape index (κ2) is 12.2. The van der Waals surface area contributed by atoms with Gasteiger partial charge in [-0.1, -0.05) is 0 Å². The summed E-state index contributed by atoms with van der Waals surface area (Å²) in [5.74, 6) is -0.395. The van der Waals surface area contributed by atoms with Gasteiger partial charge in [0.05, 0.1) is 0 Å². The van der Waals surface area contributed by atoms with Crippen LogP contribution in [-0.4, -0.2) is 42.5 Å². The van der Waals surface area contributed by atoms with Crippen LogP contribution in [0.2, 0.25) is 17.7 Å². The third-order valence-electron chi connectivity index (χ3n) is 4.30. The van der Waals surface area contributed by atoms with E-state index in [9.17, 15) is 9.59 Å². The average Bonchev–Trinajstić information content (AvgIpc) is 2.40. The number of esters is 2. The molecule has 5 heteroatoms. The molecule has 0 fully saturated rings. The van der Waals surface area contributed by atoms with Gasteiger partial charge in [-0.25, -0.2) is 0 Å². The first kappa shape index (κ1) is 22.7. The van der Waals surface area contributed by atoms with Crippen LogP contribution < -0.4 is 0 Å². The van der Waals surface area contributed by atoms with Crippen molar-refractivity contribution in [1.29, 1.82) is 0 Å². The summed E-state index contributed by atoms with van der Waals surface area (Å²) < 4.78 is 15.5. The molecule has 0 bridgehead atoms. The van der Waals surface area contributed by atoms with Crippen molar-refractivity contribution in [2.45, 2.75) is 97.2 Å². The summed E-state index contributed by atoms with van der Waals surface area (Å²) in [6.45, 7) is 11.4. The number of rotatable bonds is 12. The first-order valence-electron chi connectivity index (χ1n) is 9.09. The molecular formula is C18H36O4Sn. The minimum absolute atomic E-state index is 0.0125. The van der Waals surface area contributed by atoms with Crippen LogP contribution in [0, 0.1) is 0 Å². The Hall–Kier alpha value is -0.261. The molecule has 0 aromatic heterocycles. The molecule has 0 aliphatic carbocycles. The standard InChI is InChI=1S/2C5H9O2.2C4H9.Sn/c2*1-4(2)7-5(3)6;2*1-3-4-2;/h2*4H,1H2,2-3H3;2*1,3-4H2,2H3;. The molecule has 0 radical (unpaired) electrons. The molecule has 2 unspecified atom stereocenters. The second-order valence-electron chi connectivity index (χ2n) is 6.96. The molecule has 0 saturated heterocycles. The molecule has 0 amide bonds. The molecule has 23 heavy (non-hydrogen) atoms. The van der Waals surface area contributed by atoms with E-state index in [1.165, 1.54) is 48.4 Å². The zero-order valence-corrected chi connectivity index (χ0v) is 18.8. The molecule has 4 nitrogen and oxygen atoms in total. The Bertz CT molecular complexity index is 323. The number of ether oxygens (including phenoxy) is 2. The van der Waals surface area contributed by atoms with Crippen molar-refractivity contribution in [3.63, 3.8) is 0 Å². The van der Waals surface area contributed by atoms with E-state index in [2.05, 4.69) is 13.8 Å². The van der Waals surface area contributed by atoms with Gasteiger partial charge >= 0.3 is 147 Å². The summed E-state index contributed by atoms with van der Waals surface area (Å²) in [6.07, 6.45) is 4.82. The van der Waals surface area contributed by atoms with E-state index in [1.807, 2.05) is 13.8 Å². The average molecular weight is 435 g/mol. The summed E-state index contributed by atoms with van der Waals surface area (Å²) in [4.78, 5) is 22.5. The molecule has 0 aliphatic heterocycles. The molecule has 136 valence electrons. The van der Waals surface area contributed by atoms with Gasteiger partial charge < -0.3 is 0 Å². The Labute approximate surface area is 146 Å². The van der Waals surface area contributed by atoms with Crippen molar-refractivity contribution in [2.24, 2.45) is 0 Å². The molecule has 0 aromatic rings. The van der Waals surface area contributed by atoms with E-state index in [1.54, 1.807) is 0 Å². The Morgan fingerprint density at radius 2 is 1.17 bits per heavy atom. The van der Waals surface area contributed by atoms with E-state index in [0.29, 0.717) is 0 Å². The number of unbranched alkanes of at least 4 members (excludes halogenated alkanes) is 2. The van der Waals surface area contributed by atoms with Crippen LogP contribution in [0.5, 0.6) is 0 Å². The summed E-state index contributed by atoms with van der Waals surface area (Å²) >= 11 is -2.53. The topological polar surface area (TPSA) is 52.6 Å². The molecule has 0 rings (SSSR count). The molecule has 0 aliphatic rings. The Balaban J connectivity index is 5.12. The SMILES string of the molecule is CCC[CH2][Sn]([CH2]CCC)([CH2]C(C)OC(C)=O)[CH2]C(C)OC(C)=O. The fourth-order valence-electron chi connectivity index (χ4n) is 3.59. The van der Waals surface area contributed by atoms with E-state index >= 15 is 0 Å². The Morgan fingerprint density at radius 1 is 0.826 bits per heavy atom. The van der Waals surface area contributed by atoms with E-state index in [-0.39, 0.29) is 24.1 Å². The van der Waals surface area contributed by atoms with Crippen molar-refractivity contribution >= 4 is 30.3 Å². The van der Waals surface area contributed by atoms with Crippen LogP contribution in [-0.2, 0) is 19.1 Å². The van der Waals surface area contributed by atoms with Crippen molar-refractivity contribution in [1.82, 2.24) is 0 Å².